The molecule has 0 fully saturated rings. The van der Waals surface area contributed by atoms with Crippen molar-refractivity contribution in [3.05, 3.63) is 70.7 Å². The highest BCUT2D eigenvalue weighted by atomic mass is 19.1. The van der Waals surface area contributed by atoms with E-state index in [-0.39, 0.29) is 28.7 Å². The minimum Gasteiger partial charge on any atom is -0.337 e. The standard InChI is InChI=1S/C27H34FN3O/c1-26(2,3)17-22-14-19(12-13-29-22)24-16-20(25(32)31(7)27(4,5)6)15-23(30-24)18-8-10-21(28)11-9-18/h8-13,16-17,23H,14-15H2,1-7H3/b22-17-. The number of carbonyl (C=O) groups excluding carboxylic acids is 1. The minimum absolute atomic E-state index is 0.00690. The molecular weight excluding hydrogens is 401 g/mol. The van der Waals surface area contributed by atoms with Gasteiger partial charge in [-0.25, -0.2) is 4.39 Å². The SMILES string of the molecule is CN(C(=O)C1=CC(C2=CC=N/C(=C\C(C)(C)C)C2)=NC(c2ccc(F)cc2)C1)C(C)(C)C. The zero-order valence-corrected chi connectivity index (χ0v) is 20.2. The summed E-state index contributed by atoms with van der Waals surface area (Å²) in [6, 6.07) is 6.16. The number of rotatable bonds is 3. The van der Waals surface area contributed by atoms with E-state index >= 15 is 0 Å². The maximum atomic E-state index is 13.5. The van der Waals surface area contributed by atoms with Gasteiger partial charge in [0.15, 0.2) is 0 Å². The van der Waals surface area contributed by atoms with Crippen LogP contribution in [0.4, 0.5) is 4.39 Å². The van der Waals surface area contributed by atoms with Crippen molar-refractivity contribution in [2.24, 2.45) is 15.4 Å². The Morgan fingerprint density at radius 1 is 1.12 bits per heavy atom. The first-order valence-electron chi connectivity index (χ1n) is 11.1. The van der Waals surface area contributed by atoms with Crippen LogP contribution in [0.1, 0.15) is 66.0 Å². The van der Waals surface area contributed by atoms with Gasteiger partial charge in [0, 0.05) is 42.9 Å². The zero-order valence-electron chi connectivity index (χ0n) is 20.2. The van der Waals surface area contributed by atoms with E-state index in [9.17, 15) is 9.18 Å². The molecule has 2 aliphatic rings. The second-order valence-electron chi connectivity index (χ2n) is 10.6. The number of nitrogens with zero attached hydrogens (tertiary/aromatic N) is 3. The summed E-state index contributed by atoms with van der Waals surface area (Å²) < 4.78 is 13.5. The molecule has 0 spiro atoms. The third kappa shape index (κ3) is 5.90. The van der Waals surface area contributed by atoms with Crippen LogP contribution in [0.25, 0.3) is 0 Å². The molecule has 1 aromatic carbocycles. The fraction of sp³-hybridized carbons (Fsp3) is 0.444. The Bertz CT molecular complexity index is 1030. The molecule has 32 heavy (non-hydrogen) atoms. The largest absolute Gasteiger partial charge is 0.337 e. The van der Waals surface area contributed by atoms with Crippen molar-refractivity contribution >= 4 is 17.8 Å². The maximum Gasteiger partial charge on any atom is 0.250 e. The number of dihydropyridines is 2. The number of hydrogen-bond acceptors (Lipinski definition) is 3. The Kier molecular flexibility index (Phi) is 6.68. The van der Waals surface area contributed by atoms with E-state index in [0.29, 0.717) is 18.4 Å². The Labute approximate surface area is 191 Å². The lowest BCUT2D eigenvalue weighted by molar-refractivity contribution is -0.130. The lowest BCUT2D eigenvalue weighted by atomic mass is 9.89. The normalized spacial score (nSPS) is 20.6. The molecule has 0 saturated carbocycles. The van der Waals surface area contributed by atoms with Crippen LogP contribution < -0.4 is 0 Å². The summed E-state index contributed by atoms with van der Waals surface area (Å²) >= 11 is 0. The predicted molar refractivity (Wildman–Crippen MR) is 131 cm³/mol. The number of allylic oxidation sites excluding steroid dienone is 4. The highest BCUT2D eigenvalue weighted by Crippen LogP contribution is 2.34. The van der Waals surface area contributed by atoms with Gasteiger partial charge < -0.3 is 4.90 Å². The van der Waals surface area contributed by atoms with Gasteiger partial charge in [0.05, 0.1) is 11.8 Å². The lowest BCUT2D eigenvalue weighted by Crippen LogP contribution is -2.43. The number of aliphatic imine (C=N–C) groups is 2. The van der Waals surface area contributed by atoms with Gasteiger partial charge in [-0.2, -0.15) is 0 Å². The van der Waals surface area contributed by atoms with Crippen molar-refractivity contribution in [2.45, 2.75) is 66.0 Å². The predicted octanol–water partition coefficient (Wildman–Crippen LogP) is 6.23. The summed E-state index contributed by atoms with van der Waals surface area (Å²) in [6.45, 7) is 12.5. The zero-order chi connectivity index (χ0) is 23.7. The van der Waals surface area contributed by atoms with Crippen molar-refractivity contribution in [1.29, 1.82) is 0 Å². The van der Waals surface area contributed by atoms with Crippen LogP contribution in [0, 0.1) is 11.2 Å². The van der Waals surface area contributed by atoms with E-state index in [1.54, 1.807) is 23.2 Å². The third-order valence-corrected chi connectivity index (χ3v) is 5.68. The summed E-state index contributed by atoms with van der Waals surface area (Å²) in [5, 5.41) is 0. The Balaban J connectivity index is 2.00. The average Bonchev–Trinajstić information content (AvgIpc) is 2.71. The third-order valence-electron chi connectivity index (χ3n) is 5.68. The molecule has 2 heterocycles. The number of halogens is 1. The molecule has 1 amide bonds. The average molecular weight is 436 g/mol. The Hall–Kier alpha value is -2.82. The van der Waals surface area contributed by atoms with Gasteiger partial charge in [-0.05, 0) is 61.6 Å². The molecule has 4 nitrogen and oxygen atoms in total. The van der Waals surface area contributed by atoms with Gasteiger partial charge in [0.25, 0.3) is 0 Å². The number of benzene rings is 1. The van der Waals surface area contributed by atoms with Crippen LogP contribution in [0.5, 0.6) is 0 Å². The van der Waals surface area contributed by atoms with Crippen molar-refractivity contribution < 1.29 is 9.18 Å². The number of likely N-dealkylation sites (N-methyl/N-ethyl adjacent to an activating group) is 1. The van der Waals surface area contributed by atoms with Crippen molar-refractivity contribution in [1.82, 2.24) is 4.90 Å². The van der Waals surface area contributed by atoms with Crippen molar-refractivity contribution in [3.63, 3.8) is 0 Å². The van der Waals surface area contributed by atoms with E-state index in [0.717, 1.165) is 22.5 Å². The topological polar surface area (TPSA) is 45.0 Å². The smallest absolute Gasteiger partial charge is 0.250 e. The number of carbonyl (C=O) groups is 1. The van der Waals surface area contributed by atoms with Crippen LogP contribution in [-0.4, -0.2) is 35.3 Å². The number of hydrogen-bond donors (Lipinski definition) is 0. The second-order valence-corrected chi connectivity index (χ2v) is 10.6. The quantitative estimate of drug-likeness (QED) is 0.555. The molecule has 0 saturated heterocycles. The van der Waals surface area contributed by atoms with E-state index < -0.39 is 0 Å². The van der Waals surface area contributed by atoms with E-state index in [4.69, 9.17) is 4.99 Å². The minimum atomic E-state index is -0.294. The lowest BCUT2D eigenvalue weighted by Gasteiger charge is -2.34. The Morgan fingerprint density at radius 3 is 2.38 bits per heavy atom. The van der Waals surface area contributed by atoms with E-state index in [1.807, 2.05) is 40.0 Å². The molecule has 3 rings (SSSR count). The molecule has 1 atom stereocenters. The van der Waals surface area contributed by atoms with Crippen LogP contribution in [-0.2, 0) is 4.79 Å². The molecule has 1 aromatic rings. The number of amides is 1. The summed E-state index contributed by atoms with van der Waals surface area (Å²) in [6.07, 6.45) is 9.01. The van der Waals surface area contributed by atoms with Crippen molar-refractivity contribution in [3.8, 4) is 0 Å². The first-order chi connectivity index (χ1) is 14.8. The maximum absolute atomic E-state index is 13.5. The van der Waals surface area contributed by atoms with Crippen molar-refractivity contribution in [2.75, 3.05) is 7.05 Å². The molecule has 170 valence electrons. The van der Waals surface area contributed by atoms with Gasteiger partial charge >= 0.3 is 0 Å². The van der Waals surface area contributed by atoms with Crippen LogP contribution in [0.15, 0.2) is 69.3 Å². The van der Waals surface area contributed by atoms with Gasteiger partial charge in [-0.3, -0.25) is 14.8 Å². The molecular formula is C27H34FN3O. The summed E-state index contributed by atoms with van der Waals surface area (Å²) in [5.41, 5.74) is 4.16. The van der Waals surface area contributed by atoms with Crippen LogP contribution in [0.2, 0.25) is 0 Å². The van der Waals surface area contributed by atoms with Gasteiger partial charge in [-0.15, -0.1) is 0 Å². The molecule has 1 unspecified atom stereocenters. The molecule has 0 aromatic heterocycles. The fourth-order valence-corrected chi connectivity index (χ4v) is 3.69. The second kappa shape index (κ2) is 8.97. The molecule has 5 heteroatoms. The monoisotopic (exact) mass is 435 g/mol. The highest BCUT2D eigenvalue weighted by molar-refractivity contribution is 6.15. The Morgan fingerprint density at radius 2 is 1.78 bits per heavy atom. The summed E-state index contributed by atoms with van der Waals surface area (Å²) in [4.78, 5) is 24.6. The highest BCUT2D eigenvalue weighted by Gasteiger charge is 2.30. The molecule has 0 N–H and O–H groups in total. The summed E-state index contributed by atoms with van der Waals surface area (Å²) in [5.74, 6) is -0.288. The fourth-order valence-electron chi connectivity index (χ4n) is 3.69. The van der Waals surface area contributed by atoms with Gasteiger partial charge in [0.1, 0.15) is 5.82 Å². The first-order valence-corrected chi connectivity index (χ1v) is 11.1. The molecule has 0 radical (unpaired) electrons. The first kappa shape index (κ1) is 23.8. The molecule has 0 bridgehead atoms. The van der Waals surface area contributed by atoms with E-state index in [2.05, 4.69) is 31.8 Å². The van der Waals surface area contributed by atoms with Gasteiger partial charge in [-0.1, -0.05) is 39.0 Å². The molecule has 0 aliphatic carbocycles. The van der Waals surface area contributed by atoms with E-state index in [1.165, 1.54) is 12.1 Å². The van der Waals surface area contributed by atoms with Crippen LogP contribution >= 0.6 is 0 Å². The summed E-state index contributed by atoms with van der Waals surface area (Å²) in [7, 11) is 1.83. The van der Waals surface area contributed by atoms with Crippen LogP contribution in [0.3, 0.4) is 0 Å². The molecule has 2 aliphatic heterocycles. The van der Waals surface area contributed by atoms with Gasteiger partial charge in [0.2, 0.25) is 5.91 Å².